The molecule has 98 valence electrons. The van der Waals surface area contributed by atoms with Crippen LogP contribution in [0.4, 0.5) is 0 Å². The number of rotatable bonds is 2. The highest BCUT2D eigenvalue weighted by molar-refractivity contribution is 5.70. The fourth-order valence-corrected chi connectivity index (χ4v) is 2.88. The van der Waals surface area contributed by atoms with E-state index in [9.17, 15) is 4.79 Å². The van der Waals surface area contributed by atoms with Gasteiger partial charge in [-0.15, -0.1) is 10.2 Å². The van der Waals surface area contributed by atoms with Gasteiger partial charge in [0.1, 0.15) is 11.6 Å². The first-order valence-corrected chi connectivity index (χ1v) is 6.64. The van der Waals surface area contributed by atoms with Crippen molar-refractivity contribution in [3.63, 3.8) is 0 Å². The van der Waals surface area contributed by atoms with Crippen molar-refractivity contribution in [1.29, 1.82) is 0 Å². The average Bonchev–Trinajstić information content (AvgIpc) is 2.82. The molecule has 1 fully saturated rings. The smallest absolute Gasteiger partial charge is 0.308 e. The van der Waals surface area contributed by atoms with E-state index in [1.165, 1.54) is 12.8 Å². The highest BCUT2D eigenvalue weighted by Gasteiger charge is 2.30. The molecule has 2 unspecified atom stereocenters. The minimum atomic E-state index is -0.711. The number of carboxylic acids is 1. The van der Waals surface area contributed by atoms with Crippen LogP contribution in [0.3, 0.4) is 0 Å². The van der Waals surface area contributed by atoms with Gasteiger partial charge in [-0.1, -0.05) is 6.42 Å². The molecule has 2 aliphatic heterocycles. The molecule has 0 amide bonds. The van der Waals surface area contributed by atoms with Crippen LogP contribution >= 0.6 is 0 Å². The minimum absolute atomic E-state index is 0.243. The molecule has 18 heavy (non-hydrogen) atoms. The number of nitrogens with zero attached hydrogens (tertiary/aromatic N) is 3. The van der Waals surface area contributed by atoms with Gasteiger partial charge in [-0.05, 0) is 25.8 Å². The van der Waals surface area contributed by atoms with Gasteiger partial charge in [0.2, 0.25) is 0 Å². The number of nitrogens with one attached hydrogen (secondary N) is 1. The number of aliphatic carboxylic acids is 1. The van der Waals surface area contributed by atoms with E-state index in [0.29, 0.717) is 13.0 Å². The first-order chi connectivity index (χ1) is 8.75. The Hall–Kier alpha value is -1.43. The zero-order chi connectivity index (χ0) is 12.5. The molecular weight excluding hydrogens is 232 g/mol. The zero-order valence-electron chi connectivity index (χ0n) is 10.3. The Morgan fingerprint density at radius 2 is 2.22 bits per heavy atom. The van der Waals surface area contributed by atoms with Gasteiger partial charge in [-0.2, -0.15) is 0 Å². The predicted octanol–water partition coefficient (Wildman–Crippen LogP) is 0.740. The minimum Gasteiger partial charge on any atom is -0.481 e. The topological polar surface area (TPSA) is 80.0 Å². The summed E-state index contributed by atoms with van der Waals surface area (Å²) in [4.78, 5) is 11.1. The molecule has 3 heterocycles. The summed E-state index contributed by atoms with van der Waals surface area (Å²) in [6.45, 7) is 1.53. The fraction of sp³-hybridized carbons (Fsp3) is 0.750. The fourth-order valence-electron chi connectivity index (χ4n) is 2.88. The SMILES string of the molecule is O=C(O)C1CCc2nnc(C3CCCCN3)n2C1. The first kappa shape index (κ1) is 11.6. The molecule has 0 spiro atoms. The molecule has 0 bridgehead atoms. The lowest BCUT2D eigenvalue weighted by Gasteiger charge is -2.26. The summed E-state index contributed by atoms with van der Waals surface area (Å²) < 4.78 is 2.02. The van der Waals surface area contributed by atoms with Crippen molar-refractivity contribution in [1.82, 2.24) is 20.1 Å². The summed E-state index contributed by atoms with van der Waals surface area (Å²) in [5, 5.41) is 21.1. The summed E-state index contributed by atoms with van der Waals surface area (Å²) in [6, 6.07) is 0.243. The van der Waals surface area contributed by atoms with E-state index in [1.54, 1.807) is 0 Å². The van der Waals surface area contributed by atoms with Gasteiger partial charge in [-0.25, -0.2) is 0 Å². The van der Waals surface area contributed by atoms with Crippen LogP contribution in [0.15, 0.2) is 0 Å². The number of aryl methyl sites for hydroxylation is 1. The normalized spacial score (nSPS) is 27.8. The van der Waals surface area contributed by atoms with Crippen molar-refractivity contribution in [3.05, 3.63) is 11.6 Å². The summed E-state index contributed by atoms with van der Waals surface area (Å²) in [5.74, 6) is 0.860. The van der Waals surface area contributed by atoms with Crippen molar-refractivity contribution >= 4 is 5.97 Å². The molecule has 1 aromatic heterocycles. The lowest BCUT2D eigenvalue weighted by atomic mass is 9.98. The number of hydrogen-bond acceptors (Lipinski definition) is 4. The first-order valence-electron chi connectivity index (χ1n) is 6.64. The molecule has 3 rings (SSSR count). The van der Waals surface area contributed by atoms with Crippen LogP contribution in [0.25, 0.3) is 0 Å². The third kappa shape index (κ3) is 2.01. The quantitative estimate of drug-likeness (QED) is 0.809. The molecular formula is C12H18N4O2. The molecule has 2 aliphatic rings. The number of piperidine rings is 1. The molecule has 6 nitrogen and oxygen atoms in total. The molecule has 1 aromatic rings. The van der Waals surface area contributed by atoms with E-state index in [-0.39, 0.29) is 12.0 Å². The second-order valence-corrected chi connectivity index (χ2v) is 5.16. The summed E-state index contributed by atoms with van der Waals surface area (Å²) in [6.07, 6.45) is 4.86. The molecule has 2 N–H and O–H groups in total. The van der Waals surface area contributed by atoms with Crippen molar-refractivity contribution in [2.24, 2.45) is 5.92 Å². The Bertz CT molecular complexity index is 451. The third-order valence-electron chi connectivity index (χ3n) is 3.95. The van der Waals surface area contributed by atoms with Crippen LogP contribution in [-0.2, 0) is 17.8 Å². The van der Waals surface area contributed by atoms with Gasteiger partial charge in [0.15, 0.2) is 0 Å². The van der Waals surface area contributed by atoms with Gasteiger partial charge in [0.05, 0.1) is 12.0 Å². The average molecular weight is 250 g/mol. The van der Waals surface area contributed by atoms with E-state index in [4.69, 9.17) is 5.11 Å². The molecule has 1 saturated heterocycles. The van der Waals surface area contributed by atoms with Gasteiger partial charge in [0, 0.05) is 13.0 Å². The van der Waals surface area contributed by atoms with Crippen molar-refractivity contribution in [2.45, 2.75) is 44.7 Å². The Morgan fingerprint density at radius 1 is 1.33 bits per heavy atom. The van der Waals surface area contributed by atoms with Crippen LogP contribution in [0.1, 0.15) is 43.4 Å². The van der Waals surface area contributed by atoms with Crippen LogP contribution in [0, 0.1) is 5.92 Å². The number of hydrogen-bond donors (Lipinski definition) is 2. The van der Waals surface area contributed by atoms with Crippen LogP contribution in [0.5, 0.6) is 0 Å². The highest BCUT2D eigenvalue weighted by Crippen LogP contribution is 2.26. The van der Waals surface area contributed by atoms with E-state index in [0.717, 1.165) is 31.0 Å². The van der Waals surface area contributed by atoms with E-state index >= 15 is 0 Å². The molecule has 0 aromatic carbocycles. The molecule has 0 radical (unpaired) electrons. The zero-order valence-corrected chi connectivity index (χ0v) is 10.3. The second-order valence-electron chi connectivity index (χ2n) is 5.16. The van der Waals surface area contributed by atoms with Crippen LogP contribution < -0.4 is 5.32 Å². The number of carboxylic acid groups (broad SMARTS) is 1. The lowest BCUT2D eigenvalue weighted by Crippen LogP contribution is -2.32. The molecule has 0 saturated carbocycles. The lowest BCUT2D eigenvalue weighted by molar-refractivity contribution is -0.142. The van der Waals surface area contributed by atoms with Crippen molar-refractivity contribution in [3.8, 4) is 0 Å². The third-order valence-corrected chi connectivity index (χ3v) is 3.95. The van der Waals surface area contributed by atoms with Crippen molar-refractivity contribution in [2.75, 3.05) is 6.54 Å². The predicted molar refractivity (Wildman–Crippen MR) is 64.1 cm³/mol. The van der Waals surface area contributed by atoms with E-state index in [2.05, 4.69) is 15.5 Å². The van der Waals surface area contributed by atoms with Gasteiger partial charge < -0.3 is 15.0 Å². The standard InChI is InChI=1S/C12H18N4O2/c17-12(18)8-4-5-10-14-15-11(16(10)7-8)9-3-1-2-6-13-9/h8-9,13H,1-7H2,(H,17,18). The van der Waals surface area contributed by atoms with Gasteiger partial charge in [0.25, 0.3) is 0 Å². The highest BCUT2D eigenvalue weighted by atomic mass is 16.4. The van der Waals surface area contributed by atoms with Crippen molar-refractivity contribution < 1.29 is 9.90 Å². The number of aromatic nitrogens is 3. The van der Waals surface area contributed by atoms with Gasteiger partial charge in [-0.3, -0.25) is 4.79 Å². The Balaban J connectivity index is 1.84. The summed E-state index contributed by atoms with van der Waals surface area (Å²) in [5.41, 5.74) is 0. The number of fused-ring (bicyclic) bond motifs is 1. The second kappa shape index (κ2) is 4.68. The largest absolute Gasteiger partial charge is 0.481 e. The molecule has 0 aliphatic carbocycles. The maximum atomic E-state index is 11.1. The van der Waals surface area contributed by atoms with Crippen LogP contribution in [-0.4, -0.2) is 32.4 Å². The van der Waals surface area contributed by atoms with E-state index < -0.39 is 5.97 Å². The monoisotopic (exact) mass is 250 g/mol. The number of carbonyl (C=O) groups is 1. The van der Waals surface area contributed by atoms with Crippen LogP contribution in [0.2, 0.25) is 0 Å². The maximum absolute atomic E-state index is 11.1. The Morgan fingerprint density at radius 3 is 2.94 bits per heavy atom. The molecule has 6 heteroatoms. The molecule has 2 atom stereocenters. The maximum Gasteiger partial charge on any atom is 0.308 e. The van der Waals surface area contributed by atoms with Gasteiger partial charge >= 0.3 is 5.97 Å². The summed E-state index contributed by atoms with van der Waals surface area (Å²) >= 11 is 0. The Labute approximate surface area is 105 Å². The summed E-state index contributed by atoms with van der Waals surface area (Å²) in [7, 11) is 0. The van der Waals surface area contributed by atoms with E-state index in [1.807, 2.05) is 4.57 Å². The Kier molecular flexibility index (Phi) is 3.03.